The van der Waals surface area contributed by atoms with Gasteiger partial charge < -0.3 is 14.9 Å². The van der Waals surface area contributed by atoms with Crippen LogP contribution >= 0.6 is 23.2 Å². The number of hydrogen-bond donors (Lipinski definition) is 1. The van der Waals surface area contributed by atoms with Crippen molar-refractivity contribution in [1.82, 2.24) is 5.43 Å². The first kappa shape index (κ1) is 20.1. The van der Waals surface area contributed by atoms with Crippen molar-refractivity contribution in [2.24, 2.45) is 5.10 Å². The van der Waals surface area contributed by atoms with Crippen LogP contribution < -0.4 is 14.9 Å². The average Bonchev–Trinajstić information content (AvgIpc) is 2.72. The molecule has 0 unspecified atom stereocenters. The van der Waals surface area contributed by atoms with Crippen LogP contribution in [0.4, 0.5) is 0 Å². The van der Waals surface area contributed by atoms with Gasteiger partial charge in [-0.15, -0.1) is 0 Å². The fourth-order valence-electron chi connectivity index (χ4n) is 2.59. The van der Waals surface area contributed by atoms with E-state index in [9.17, 15) is 0 Å². The molecule has 0 saturated carbocycles. The lowest BCUT2D eigenvalue weighted by atomic mass is 10.2. The van der Waals surface area contributed by atoms with Crippen LogP contribution in [0.1, 0.15) is 16.7 Å². The maximum absolute atomic E-state index is 6.13. The predicted molar refractivity (Wildman–Crippen MR) is 115 cm³/mol. The summed E-state index contributed by atoms with van der Waals surface area (Å²) >= 11 is 12.0. The summed E-state index contributed by atoms with van der Waals surface area (Å²) in [6.07, 6.45) is 1.69. The lowest BCUT2D eigenvalue weighted by Gasteiger charge is -2.10. The molecule has 3 aromatic rings. The first-order valence-electron chi connectivity index (χ1n) is 8.70. The Labute approximate surface area is 174 Å². The summed E-state index contributed by atoms with van der Waals surface area (Å²) < 4.78 is 11.3. The Bertz CT molecular complexity index is 944. The number of methoxy groups -OCH3 is 1. The number of para-hydroxylation sites is 1. The molecule has 6 heteroatoms. The van der Waals surface area contributed by atoms with Gasteiger partial charge in [-0.3, -0.25) is 0 Å². The molecule has 0 saturated heterocycles. The number of benzene rings is 3. The second kappa shape index (κ2) is 10.0. The van der Waals surface area contributed by atoms with E-state index in [0.717, 1.165) is 22.4 Å². The smallest absolute Gasteiger partial charge is 0.128 e. The van der Waals surface area contributed by atoms with Crippen molar-refractivity contribution in [3.63, 3.8) is 0 Å². The Morgan fingerprint density at radius 2 is 1.68 bits per heavy atom. The largest absolute Gasteiger partial charge is 0.496 e. The van der Waals surface area contributed by atoms with Gasteiger partial charge in [-0.2, -0.15) is 5.10 Å². The molecule has 0 amide bonds. The predicted octanol–water partition coefficient (Wildman–Crippen LogP) is 5.70. The van der Waals surface area contributed by atoms with Crippen molar-refractivity contribution in [1.29, 1.82) is 0 Å². The highest BCUT2D eigenvalue weighted by Crippen LogP contribution is 2.23. The van der Waals surface area contributed by atoms with Gasteiger partial charge in [0.15, 0.2) is 0 Å². The zero-order valence-electron chi connectivity index (χ0n) is 15.4. The molecule has 0 spiro atoms. The van der Waals surface area contributed by atoms with Gasteiger partial charge in [0.05, 0.1) is 19.9 Å². The van der Waals surface area contributed by atoms with Crippen molar-refractivity contribution >= 4 is 29.4 Å². The fourth-order valence-corrected chi connectivity index (χ4v) is 2.89. The Morgan fingerprint density at radius 1 is 0.929 bits per heavy atom. The van der Waals surface area contributed by atoms with Crippen LogP contribution in [0.2, 0.25) is 10.0 Å². The van der Waals surface area contributed by atoms with Crippen LogP contribution in [-0.2, 0) is 13.2 Å². The van der Waals surface area contributed by atoms with E-state index in [4.69, 9.17) is 32.7 Å². The van der Waals surface area contributed by atoms with Gasteiger partial charge in [-0.25, -0.2) is 0 Å². The molecule has 144 valence electrons. The summed E-state index contributed by atoms with van der Waals surface area (Å²) in [4.78, 5) is 0. The van der Waals surface area contributed by atoms with Crippen LogP contribution in [0.3, 0.4) is 0 Å². The summed E-state index contributed by atoms with van der Waals surface area (Å²) in [6, 6.07) is 20.8. The van der Waals surface area contributed by atoms with E-state index >= 15 is 0 Å². The van der Waals surface area contributed by atoms with Gasteiger partial charge in [0.25, 0.3) is 0 Å². The molecule has 0 aromatic heterocycles. The van der Waals surface area contributed by atoms with Crippen molar-refractivity contribution in [3.8, 4) is 11.5 Å². The van der Waals surface area contributed by atoms with Gasteiger partial charge in [0.2, 0.25) is 0 Å². The molecule has 0 aliphatic rings. The number of ether oxygens (including phenoxy) is 2. The van der Waals surface area contributed by atoms with Crippen LogP contribution in [0.15, 0.2) is 71.8 Å². The number of hydrogen-bond acceptors (Lipinski definition) is 4. The summed E-state index contributed by atoms with van der Waals surface area (Å²) in [5.41, 5.74) is 5.86. The van der Waals surface area contributed by atoms with E-state index in [2.05, 4.69) is 10.5 Å². The van der Waals surface area contributed by atoms with Crippen LogP contribution in [0.5, 0.6) is 11.5 Å². The molecule has 0 heterocycles. The number of nitrogens with one attached hydrogen (secondary N) is 1. The highest BCUT2D eigenvalue weighted by Gasteiger charge is 2.05. The minimum atomic E-state index is 0.425. The minimum absolute atomic E-state index is 0.425. The molecule has 0 atom stereocenters. The zero-order chi connectivity index (χ0) is 19.8. The Kier molecular flexibility index (Phi) is 7.18. The highest BCUT2D eigenvalue weighted by atomic mass is 35.5. The summed E-state index contributed by atoms with van der Waals surface area (Å²) in [5, 5.41) is 5.61. The molecular weight excluding hydrogens is 395 g/mol. The molecule has 0 radical (unpaired) electrons. The van der Waals surface area contributed by atoms with E-state index < -0.39 is 0 Å². The molecule has 0 fully saturated rings. The number of rotatable bonds is 8. The molecule has 3 aromatic carbocycles. The normalized spacial score (nSPS) is 10.8. The molecular formula is C22H20Cl2N2O2. The van der Waals surface area contributed by atoms with Gasteiger partial charge in [0.1, 0.15) is 18.1 Å². The molecule has 3 rings (SSSR count). The molecule has 0 aliphatic heterocycles. The van der Waals surface area contributed by atoms with Crippen LogP contribution in [-0.4, -0.2) is 13.3 Å². The van der Waals surface area contributed by atoms with Crippen LogP contribution in [0.25, 0.3) is 0 Å². The Morgan fingerprint density at radius 3 is 2.46 bits per heavy atom. The first-order valence-corrected chi connectivity index (χ1v) is 9.46. The van der Waals surface area contributed by atoms with E-state index in [0.29, 0.717) is 28.9 Å². The lowest BCUT2D eigenvalue weighted by Crippen LogP contribution is -2.07. The molecule has 0 aliphatic carbocycles. The van der Waals surface area contributed by atoms with Crippen molar-refractivity contribution in [2.45, 2.75) is 13.2 Å². The van der Waals surface area contributed by atoms with E-state index in [1.807, 2.05) is 60.7 Å². The zero-order valence-corrected chi connectivity index (χ0v) is 16.9. The summed E-state index contributed by atoms with van der Waals surface area (Å²) in [7, 11) is 1.65. The van der Waals surface area contributed by atoms with E-state index in [1.165, 1.54) is 0 Å². The Hall–Kier alpha value is -2.69. The third-order valence-corrected chi connectivity index (χ3v) is 4.52. The van der Waals surface area contributed by atoms with E-state index in [1.54, 1.807) is 19.4 Å². The number of nitrogens with zero attached hydrogens (tertiary/aromatic N) is 1. The van der Waals surface area contributed by atoms with Crippen LogP contribution in [0, 0.1) is 0 Å². The number of halogens is 2. The van der Waals surface area contributed by atoms with Gasteiger partial charge in [-0.1, -0.05) is 53.5 Å². The van der Waals surface area contributed by atoms with Crippen molar-refractivity contribution in [3.05, 3.63) is 93.5 Å². The van der Waals surface area contributed by atoms with E-state index in [-0.39, 0.29) is 0 Å². The standard InChI is InChI=1S/C22H20Cl2N2O2/c1-27-21-5-3-2-4-17(21)13-25-26-14-18-12-20(24)10-11-22(18)28-15-16-6-8-19(23)9-7-16/h2-12,14,25H,13,15H2,1H3/b26-14-. The second-order valence-electron chi connectivity index (χ2n) is 6.00. The van der Waals surface area contributed by atoms with Gasteiger partial charge in [-0.05, 0) is 42.0 Å². The minimum Gasteiger partial charge on any atom is -0.496 e. The first-order chi connectivity index (χ1) is 13.7. The maximum atomic E-state index is 6.13. The fraction of sp³-hybridized carbons (Fsp3) is 0.136. The topological polar surface area (TPSA) is 42.8 Å². The van der Waals surface area contributed by atoms with Crippen molar-refractivity contribution < 1.29 is 9.47 Å². The van der Waals surface area contributed by atoms with Gasteiger partial charge >= 0.3 is 0 Å². The second-order valence-corrected chi connectivity index (χ2v) is 6.88. The lowest BCUT2D eigenvalue weighted by molar-refractivity contribution is 0.306. The third kappa shape index (κ3) is 5.65. The number of hydrazone groups is 1. The average molecular weight is 415 g/mol. The SMILES string of the molecule is COc1ccccc1CN/N=C\c1cc(Cl)ccc1OCc1ccc(Cl)cc1. The van der Waals surface area contributed by atoms with Crippen molar-refractivity contribution in [2.75, 3.05) is 7.11 Å². The maximum Gasteiger partial charge on any atom is 0.128 e. The third-order valence-electron chi connectivity index (χ3n) is 4.04. The molecule has 28 heavy (non-hydrogen) atoms. The van der Waals surface area contributed by atoms with Gasteiger partial charge in [0, 0.05) is 21.2 Å². The highest BCUT2D eigenvalue weighted by molar-refractivity contribution is 6.31. The quantitative estimate of drug-likeness (QED) is 0.379. The Balaban J connectivity index is 1.64. The molecule has 4 nitrogen and oxygen atoms in total. The monoisotopic (exact) mass is 414 g/mol. The summed E-state index contributed by atoms with van der Waals surface area (Å²) in [6.45, 7) is 0.969. The summed E-state index contributed by atoms with van der Waals surface area (Å²) in [5.74, 6) is 1.52. The molecule has 0 bridgehead atoms. The molecule has 1 N–H and O–H groups in total.